The molecule has 0 aliphatic rings. The average molecular weight is 190 g/mol. The zero-order chi connectivity index (χ0) is 8.97. The van der Waals surface area contributed by atoms with Gasteiger partial charge in [0.2, 0.25) is 0 Å². The second kappa shape index (κ2) is 4.11. The van der Waals surface area contributed by atoms with Gasteiger partial charge in [0.1, 0.15) is 17.5 Å². The molecule has 0 radical (unpaired) electrons. The molecule has 0 N–H and O–H groups in total. The predicted molar refractivity (Wildman–Crippen MR) is 42.0 cm³/mol. The van der Waals surface area contributed by atoms with Crippen LogP contribution in [0.4, 0.5) is 0 Å². The van der Waals surface area contributed by atoms with Gasteiger partial charge in [-0.15, -0.1) is 11.6 Å². The lowest BCUT2D eigenvalue weighted by Gasteiger charge is -1.97. The van der Waals surface area contributed by atoms with Crippen LogP contribution in [0.15, 0.2) is 10.8 Å². The molecule has 0 saturated heterocycles. The summed E-state index contributed by atoms with van der Waals surface area (Å²) in [5.74, 6) is -0.306. The summed E-state index contributed by atoms with van der Waals surface area (Å²) in [7, 11) is 0. The van der Waals surface area contributed by atoms with E-state index in [1.54, 1.807) is 6.92 Å². The molecule has 0 aromatic carbocycles. The standard InChI is InChI=1S/C7H8ClNO3/c1-2-11-7(10)5-4-12-9-6(5)3-8/h4H,2-3H2,1H3. The minimum atomic E-state index is -0.450. The van der Waals surface area contributed by atoms with Crippen LogP contribution >= 0.6 is 11.6 Å². The van der Waals surface area contributed by atoms with Crippen molar-refractivity contribution in [3.63, 3.8) is 0 Å². The van der Waals surface area contributed by atoms with Crippen LogP contribution < -0.4 is 0 Å². The fourth-order valence-corrected chi connectivity index (χ4v) is 0.924. The first kappa shape index (κ1) is 9.06. The Labute approximate surface area is 74.4 Å². The van der Waals surface area contributed by atoms with Gasteiger partial charge in [0, 0.05) is 0 Å². The molecule has 12 heavy (non-hydrogen) atoms. The topological polar surface area (TPSA) is 52.3 Å². The van der Waals surface area contributed by atoms with Crippen molar-refractivity contribution in [2.75, 3.05) is 6.61 Å². The Hall–Kier alpha value is -1.03. The molecule has 0 saturated carbocycles. The number of hydrogen-bond donors (Lipinski definition) is 0. The first-order chi connectivity index (χ1) is 5.79. The lowest BCUT2D eigenvalue weighted by molar-refractivity contribution is 0.0524. The Morgan fingerprint density at radius 1 is 1.83 bits per heavy atom. The summed E-state index contributed by atoms with van der Waals surface area (Å²) in [6.45, 7) is 2.05. The van der Waals surface area contributed by atoms with Gasteiger partial charge in [-0.1, -0.05) is 5.16 Å². The fraction of sp³-hybridized carbons (Fsp3) is 0.429. The van der Waals surface area contributed by atoms with Crippen molar-refractivity contribution in [3.05, 3.63) is 17.5 Å². The normalized spacial score (nSPS) is 9.83. The highest BCUT2D eigenvalue weighted by Gasteiger charge is 2.15. The van der Waals surface area contributed by atoms with Gasteiger partial charge in [-0.05, 0) is 6.92 Å². The molecule has 0 atom stereocenters. The number of rotatable bonds is 3. The molecule has 0 amide bonds. The molecule has 1 rings (SSSR count). The highest BCUT2D eigenvalue weighted by Crippen LogP contribution is 2.10. The number of hydrogen-bond acceptors (Lipinski definition) is 4. The van der Waals surface area contributed by atoms with Gasteiger partial charge in [0.15, 0.2) is 0 Å². The minimum absolute atomic E-state index is 0.143. The molecule has 0 fully saturated rings. The summed E-state index contributed by atoms with van der Waals surface area (Å²) in [5.41, 5.74) is 0.710. The molecule has 1 aromatic rings. The number of esters is 1. The third-order valence-corrected chi connectivity index (χ3v) is 1.52. The van der Waals surface area contributed by atoms with Gasteiger partial charge < -0.3 is 9.26 Å². The quantitative estimate of drug-likeness (QED) is 0.535. The van der Waals surface area contributed by atoms with Crippen LogP contribution in [0.1, 0.15) is 23.0 Å². The Bertz CT molecular complexity index is 271. The highest BCUT2D eigenvalue weighted by atomic mass is 35.5. The van der Waals surface area contributed by atoms with Crippen LogP contribution in [0.5, 0.6) is 0 Å². The van der Waals surface area contributed by atoms with Crippen molar-refractivity contribution < 1.29 is 14.1 Å². The Balaban J connectivity index is 2.79. The number of aromatic nitrogens is 1. The lowest BCUT2D eigenvalue weighted by atomic mass is 10.3. The molecule has 1 aromatic heterocycles. The van der Waals surface area contributed by atoms with E-state index < -0.39 is 5.97 Å². The predicted octanol–water partition coefficient (Wildman–Crippen LogP) is 1.59. The van der Waals surface area contributed by atoms with Gasteiger partial charge in [-0.25, -0.2) is 4.79 Å². The number of halogens is 1. The van der Waals surface area contributed by atoms with Crippen LogP contribution in [0, 0.1) is 0 Å². The van der Waals surface area contributed by atoms with E-state index in [0.29, 0.717) is 17.9 Å². The maximum absolute atomic E-state index is 11.1. The number of ether oxygens (including phenoxy) is 1. The number of alkyl halides is 1. The third-order valence-electron chi connectivity index (χ3n) is 1.27. The van der Waals surface area contributed by atoms with Crippen molar-refractivity contribution in [1.29, 1.82) is 0 Å². The summed E-state index contributed by atoms with van der Waals surface area (Å²) in [6, 6.07) is 0. The van der Waals surface area contributed by atoms with Gasteiger partial charge in [-0.3, -0.25) is 0 Å². The van der Waals surface area contributed by atoms with E-state index in [9.17, 15) is 4.79 Å². The molecular formula is C7H8ClNO3. The van der Waals surface area contributed by atoms with Crippen molar-refractivity contribution in [2.24, 2.45) is 0 Å². The minimum Gasteiger partial charge on any atom is -0.462 e. The first-order valence-corrected chi connectivity index (χ1v) is 3.99. The maximum atomic E-state index is 11.1. The lowest BCUT2D eigenvalue weighted by Crippen LogP contribution is -2.05. The molecule has 0 spiro atoms. The van der Waals surface area contributed by atoms with E-state index in [2.05, 4.69) is 9.68 Å². The summed E-state index contributed by atoms with van der Waals surface area (Å²) in [4.78, 5) is 11.1. The Morgan fingerprint density at radius 3 is 3.17 bits per heavy atom. The van der Waals surface area contributed by atoms with Gasteiger partial charge in [0.25, 0.3) is 0 Å². The van der Waals surface area contributed by atoms with E-state index in [1.165, 1.54) is 6.26 Å². The van der Waals surface area contributed by atoms with E-state index in [1.807, 2.05) is 0 Å². The molecule has 5 heteroatoms. The smallest absolute Gasteiger partial charge is 0.343 e. The van der Waals surface area contributed by atoms with Crippen molar-refractivity contribution in [3.8, 4) is 0 Å². The molecule has 0 aliphatic carbocycles. The maximum Gasteiger partial charge on any atom is 0.343 e. The van der Waals surface area contributed by atoms with E-state index in [0.717, 1.165) is 0 Å². The van der Waals surface area contributed by atoms with Gasteiger partial charge in [0.05, 0.1) is 12.5 Å². The third kappa shape index (κ3) is 1.76. The van der Waals surface area contributed by atoms with E-state index in [4.69, 9.17) is 16.3 Å². The van der Waals surface area contributed by atoms with Crippen LogP contribution in [0.3, 0.4) is 0 Å². The van der Waals surface area contributed by atoms with E-state index in [-0.39, 0.29) is 5.88 Å². The Morgan fingerprint density at radius 2 is 2.58 bits per heavy atom. The summed E-state index contributed by atoms with van der Waals surface area (Å²) in [6.07, 6.45) is 1.23. The molecule has 0 bridgehead atoms. The monoisotopic (exact) mass is 189 g/mol. The molecule has 0 unspecified atom stereocenters. The second-order valence-electron chi connectivity index (χ2n) is 2.03. The summed E-state index contributed by atoms with van der Waals surface area (Å²) < 4.78 is 9.30. The molecule has 66 valence electrons. The largest absolute Gasteiger partial charge is 0.462 e. The van der Waals surface area contributed by atoms with Crippen LogP contribution in [0.25, 0.3) is 0 Å². The Kier molecular flexibility index (Phi) is 3.10. The van der Waals surface area contributed by atoms with Gasteiger partial charge >= 0.3 is 5.97 Å². The second-order valence-corrected chi connectivity index (χ2v) is 2.30. The van der Waals surface area contributed by atoms with Crippen LogP contribution in [0.2, 0.25) is 0 Å². The average Bonchev–Trinajstić information content (AvgIpc) is 2.51. The number of nitrogens with zero attached hydrogens (tertiary/aromatic N) is 1. The highest BCUT2D eigenvalue weighted by molar-refractivity contribution is 6.17. The summed E-state index contributed by atoms with van der Waals surface area (Å²) in [5, 5.41) is 3.53. The molecule has 4 nitrogen and oxygen atoms in total. The molecular weight excluding hydrogens is 182 g/mol. The fourth-order valence-electron chi connectivity index (χ4n) is 0.731. The van der Waals surface area contributed by atoms with Crippen LogP contribution in [-0.2, 0) is 10.6 Å². The van der Waals surface area contributed by atoms with E-state index >= 15 is 0 Å². The summed E-state index contributed by atoms with van der Waals surface area (Å²) >= 11 is 5.49. The SMILES string of the molecule is CCOC(=O)c1conc1CCl. The van der Waals surface area contributed by atoms with Crippen LogP contribution in [-0.4, -0.2) is 17.7 Å². The van der Waals surface area contributed by atoms with Crippen molar-refractivity contribution in [2.45, 2.75) is 12.8 Å². The zero-order valence-electron chi connectivity index (χ0n) is 6.54. The zero-order valence-corrected chi connectivity index (χ0v) is 7.30. The van der Waals surface area contributed by atoms with Gasteiger partial charge in [-0.2, -0.15) is 0 Å². The van der Waals surface area contributed by atoms with Crippen molar-refractivity contribution >= 4 is 17.6 Å². The molecule has 1 heterocycles. The first-order valence-electron chi connectivity index (χ1n) is 3.46. The molecule has 0 aliphatic heterocycles. The number of carbonyl (C=O) groups excluding carboxylic acids is 1. The van der Waals surface area contributed by atoms with Crippen molar-refractivity contribution in [1.82, 2.24) is 5.16 Å². The number of carbonyl (C=O) groups is 1.